The first-order valence-corrected chi connectivity index (χ1v) is 15.2. The number of piperazine rings is 1. The van der Waals surface area contributed by atoms with Crippen molar-refractivity contribution in [3.05, 3.63) is 70.5 Å². The lowest BCUT2D eigenvalue weighted by Crippen LogP contribution is -2.47. The predicted molar refractivity (Wildman–Crippen MR) is 170 cm³/mol. The van der Waals surface area contributed by atoms with Gasteiger partial charge < -0.3 is 19.7 Å². The number of hydrogen-bond acceptors (Lipinski definition) is 6. The SMILES string of the molecule is Cc1cc(-c2c[nH]c3ncc(-c4cc(C)c5c(c4)CN(CCC(=O)N4CCN(C)CC4)CC5)nc23)ccc1C(=O)N(C)C. The van der Waals surface area contributed by atoms with E-state index >= 15 is 0 Å². The summed E-state index contributed by atoms with van der Waals surface area (Å²) in [6.07, 6.45) is 5.33. The molecule has 4 heterocycles. The molecule has 4 aromatic rings. The molecule has 0 aliphatic carbocycles. The van der Waals surface area contributed by atoms with Crippen molar-refractivity contribution in [2.75, 3.05) is 60.4 Å². The lowest BCUT2D eigenvalue weighted by molar-refractivity contribution is -0.133. The molecule has 2 aromatic carbocycles. The Bertz CT molecular complexity index is 1680. The Morgan fingerprint density at radius 2 is 1.74 bits per heavy atom. The van der Waals surface area contributed by atoms with Gasteiger partial charge in [-0.1, -0.05) is 12.1 Å². The number of aromatic nitrogens is 3. The van der Waals surface area contributed by atoms with E-state index in [1.54, 1.807) is 19.0 Å². The van der Waals surface area contributed by atoms with Crippen molar-refractivity contribution < 1.29 is 9.59 Å². The van der Waals surface area contributed by atoms with Crippen molar-refractivity contribution in [3.8, 4) is 22.4 Å². The molecule has 9 heteroatoms. The third-order valence-electron chi connectivity index (χ3n) is 8.99. The number of fused-ring (bicyclic) bond motifs is 2. The van der Waals surface area contributed by atoms with Gasteiger partial charge >= 0.3 is 0 Å². The van der Waals surface area contributed by atoms with Crippen LogP contribution < -0.4 is 0 Å². The average molecular weight is 580 g/mol. The maximum Gasteiger partial charge on any atom is 0.253 e. The van der Waals surface area contributed by atoms with E-state index in [1.165, 1.54) is 16.7 Å². The number of benzene rings is 2. The van der Waals surface area contributed by atoms with Crippen LogP contribution in [0.5, 0.6) is 0 Å². The first kappa shape index (κ1) is 29.0. The summed E-state index contributed by atoms with van der Waals surface area (Å²) in [7, 11) is 5.64. The van der Waals surface area contributed by atoms with Gasteiger partial charge in [0.2, 0.25) is 5.91 Å². The van der Waals surface area contributed by atoms with Crippen molar-refractivity contribution in [1.82, 2.24) is 34.6 Å². The van der Waals surface area contributed by atoms with E-state index in [-0.39, 0.29) is 11.8 Å². The molecule has 2 aromatic heterocycles. The van der Waals surface area contributed by atoms with E-state index in [4.69, 9.17) is 9.97 Å². The predicted octanol–water partition coefficient (Wildman–Crippen LogP) is 4.13. The molecule has 2 aliphatic heterocycles. The summed E-state index contributed by atoms with van der Waals surface area (Å²) < 4.78 is 0. The van der Waals surface area contributed by atoms with Gasteiger partial charge in [-0.25, -0.2) is 9.97 Å². The maximum atomic E-state index is 12.8. The molecule has 0 spiro atoms. The molecule has 0 atom stereocenters. The monoisotopic (exact) mass is 579 g/mol. The zero-order valence-corrected chi connectivity index (χ0v) is 25.9. The quantitative estimate of drug-likeness (QED) is 0.370. The van der Waals surface area contributed by atoms with E-state index in [1.807, 2.05) is 42.4 Å². The summed E-state index contributed by atoms with van der Waals surface area (Å²) in [5.74, 6) is 0.261. The molecule has 9 nitrogen and oxygen atoms in total. The first-order valence-electron chi connectivity index (χ1n) is 15.2. The van der Waals surface area contributed by atoms with Crippen LogP contribution in [0.1, 0.15) is 39.0 Å². The molecule has 0 unspecified atom stereocenters. The highest BCUT2D eigenvalue weighted by atomic mass is 16.2. The van der Waals surface area contributed by atoms with Crippen LogP contribution in [-0.4, -0.2) is 107 Å². The van der Waals surface area contributed by atoms with Crippen molar-refractivity contribution in [1.29, 1.82) is 0 Å². The third kappa shape index (κ3) is 5.92. The van der Waals surface area contributed by atoms with Gasteiger partial charge in [0.1, 0.15) is 5.52 Å². The van der Waals surface area contributed by atoms with Gasteiger partial charge in [-0.2, -0.15) is 0 Å². The minimum absolute atomic E-state index is 0.00645. The van der Waals surface area contributed by atoms with Crippen LogP contribution in [0, 0.1) is 13.8 Å². The van der Waals surface area contributed by atoms with Gasteiger partial charge in [-0.3, -0.25) is 14.5 Å². The Balaban J connectivity index is 1.22. The molecule has 1 N–H and O–H groups in total. The van der Waals surface area contributed by atoms with Crippen LogP contribution in [0.25, 0.3) is 33.5 Å². The standard InChI is InChI=1S/C34H41N7O2/c1-22-17-25(18-26-21-40(10-8-27(22)26)11-9-31(42)41-14-12-39(5)13-15-41)30-20-36-33-32(37-30)29(19-35-33)24-6-7-28(23(2)16-24)34(43)38(3)4/h6-7,16-20H,8-15,21H2,1-5H3,(H,35,36). The van der Waals surface area contributed by atoms with Crippen molar-refractivity contribution in [2.45, 2.75) is 33.2 Å². The number of aromatic amines is 1. The molecular formula is C34H41N7O2. The first-order chi connectivity index (χ1) is 20.7. The van der Waals surface area contributed by atoms with Crippen LogP contribution in [0.4, 0.5) is 0 Å². The Morgan fingerprint density at radius 1 is 0.977 bits per heavy atom. The number of H-pyrrole nitrogens is 1. The number of likely N-dealkylation sites (N-methyl/N-ethyl adjacent to an activating group) is 1. The lowest BCUT2D eigenvalue weighted by atomic mass is 9.92. The van der Waals surface area contributed by atoms with Gasteiger partial charge in [-0.05, 0) is 73.3 Å². The van der Waals surface area contributed by atoms with E-state index in [0.717, 1.165) is 91.3 Å². The van der Waals surface area contributed by atoms with Crippen LogP contribution in [0.3, 0.4) is 0 Å². The fraction of sp³-hybridized carbons (Fsp3) is 0.412. The van der Waals surface area contributed by atoms with Crippen LogP contribution in [0.2, 0.25) is 0 Å². The number of amides is 2. The van der Waals surface area contributed by atoms with Gasteiger partial charge in [0, 0.05) is 89.2 Å². The van der Waals surface area contributed by atoms with Gasteiger partial charge in [0.05, 0.1) is 11.9 Å². The third-order valence-corrected chi connectivity index (χ3v) is 8.99. The van der Waals surface area contributed by atoms with E-state index in [0.29, 0.717) is 12.0 Å². The van der Waals surface area contributed by atoms with E-state index in [9.17, 15) is 9.59 Å². The summed E-state index contributed by atoms with van der Waals surface area (Å²) in [5, 5.41) is 0. The zero-order valence-electron chi connectivity index (χ0n) is 25.9. The number of nitrogens with one attached hydrogen (secondary N) is 1. The van der Waals surface area contributed by atoms with Crippen LogP contribution in [-0.2, 0) is 17.8 Å². The second kappa shape index (κ2) is 11.9. The molecule has 2 aliphatic rings. The highest BCUT2D eigenvalue weighted by molar-refractivity contribution is 5.97. The molecule has 0 bridgehead atoms. The second-order valence-corrected chi connectivity index (χ2v) is 12.3. The van der Waals surface area contributed by atoms with Crippen molar-refractivity contribution in [2.24, 2.45) is 0 Å². The minimum atomic E-state index is -0.00645. The number of carbonyl (C=O) groups is 2. The Kier molecular flexibility index (Phi) is 8.03. The van der Waals surface area contributed by atoms with Crippen LogP contribution >= 0.6 is 0 Å². The highest BCUT2D eigenvalue weighted by Gasteiger charge is 2.23. The van der Waals surface area contributed by atoms with Crippen molar-refractivity contribution >= 4 is 23.0 Å². The second-order valence-electron chi connectivity index (χ2n) is 12.3. The minimum Gasteiger partial charge on any atom is -0.345 e. The highest BCUT2D eigenvalue weighted by Crippen LogP contribution is 2.32. The fourth-order valence-electron chi connectivity index (χ4n) is 6.35. The van der Waals surface area contributed by atoms with Crippen LogP contribution in [0.15, 0.2) is 42.7 Å². The molecule has 2 amide bonds. The van der Waals surface area contributed by atoms with E-state index < -0.39 is 0 Å². The fourth-order valence-corrected chi connectivity index (χ4v) is 6.35. The van der Waals surface area contributed by atoms with Gasteiger partial charge in [0.15, 0.2) is 5.65 Å². The number of carbonyl (C=O) groups excluding carboxylic acids is 2. The Hall–Kier alpha value is -4.08. The maximum absolute atomic E-state index is 12.8. The van der Waals surface area contributed by atoms with Gasteiger partial charge in [0.25, 0.3) is 5.91 Å². The summed E-state index contributed by atoms with van der Waals surface area (Å²) >= 11 is 0. The zero-order chi connectivity index (χ0) is 30.2. The lowest BCUT2D eigenvalue weighted by Gasteiger charge is -2.34. The Morgan fingerprint density at radius 3 is 2.49 bits per heavy atom. The normalized spacial score (nSPS) is 16.0. The topological polar surface area (TPSA) is 88.7 Å². The molecule has 1 saturated heterocycles. The van der Waals surface area contributed by atoms with Crippen molar-refractivity contribution in [3.63, 3.8) is 0 Å². The number of nitrogens with zero attached hydrogens (tertiary/aromatic N) is 6. The molecular weight excluding hydrogens is 538 g/mol. The molecule has 1 fully saturated rings. The summed E-state index contributed by atoms with van der Waals surface area (Å²) in [5.41, 5.74) is 11.0. The molecule has 43 heavy (non-hydrogen) atoms. The summed E-state index contributed by atoms with van der Waals surface area (Å²) in [4.78, 5) is 46.8. The largest absolute Gasteiger partial charge is 0.345 e. The molecule has 224 valence electrons. The number of hydrogen-bond donors (Lipinski definition) is 1. The van der Waals surface area contributed by atoms with E-state index in [2.05, 4.69) is 40.9 Å². The van der Waals surface area contributed by atoms with Gasteiger partial charge in [-0.15, -0.1) is 0 Å². The Labute approximate surface area is 253 Å². The molecule has 0 saturated carbocycles. The number of aryl methyl sites for hydroxylation is 2. The molecule has 0 radical (unpaired) electrons. The summed E-state index contributed by atoms with van der Waals surface area (Å²) in [6.45, 7) is 10.3. The smallest absolute Gasteiger partial charge is 0.253 e. The average Bonchev–Trinajstić information content (AvgIpc) is 3.43. The number of rotatable bonds is 6. The summed E-state index contributed by atoms with van der Waals surface area (Å²) in [6, 6.07) is 10.4. The molecule has 6 rings (SSSR count).